The van der Waals surface area contributed by atoms with Gasteiger partial charge in [-0.3, -0.25) is 9.36 Å². The molecule has 1 aromatic heterocycles. The molecule has 0 radical (unpaired) electrons. The van der Waals surface area contributed by atoms with Gasteiger partial charge in [0.25, 0.3) is 5.56 Å². The van der Waals surface area contributed by atoms with Crippen molar-refractivity contribution in [3.05, 3.63) is 64.1 Å². The van der Waals surface area contributed by atoms with Crippen LogP contribution in [-0.2, 0) is 0 Å². The number of para-hydroxylation sites is 1. The molecule has 0 atom stereocenters. The molecule has 0 saturated heterocycles. The largest absolute Gasteiger partial charge is 0.478 e. The first-order valence-corrected chi connectivity index (χ1v) is 6.06. The van der Waals surface area contributed by atoms with Gasteiger partial charge in [0.05, 0.1) is 11.3 Å². The number of hydrogen-bond acceptors (Lipinski definition) is 2. The highest BCUT2D eigenvalue weighted by Gasteiger charge is 2.11. The first kappa shape index (κ1) is 13.1. The van der Waals surface area contributed by atoms with Crippen LogP contribution in [0.1, 0.15) is 35.7 Å². The molecule has 0 amide bonds. The molecule has 19 heavy (non-hydrogen) atoms. The van der Waals surface area contributed by atoms with Crippen molar-refractivity contribution in [3.63, 3.8) is 0 Å². The minimum absolute atomic E-state index is 0.0955. The molecule has 4 heteroatoms. The highest BCUT2D eigenvalue weighted by molar-refractivity contribution is 5.87. The van der Waals surface area contributed by atoms with Crippen molar-refractivity contribution in [2.75, 3.05) is 0 Å². The van der Waals surface area contributed by atoms with Gasteiger partial charge in [0.1, 0.15) is 0 Å². The van der Waals surface area contributed by atoms with E-state index in [2.05, 4.69) is 0 Å². The average Bonchev–Trinajstić information content (AvgIpc) is 2.39. The molecule has 0 spiro atoms. The topological polar surface area (TPSA) is 59.3 Å². The van der Waals surface area contributed by atoms with Crippen molar-refractivity contribution in [3.8, 4) is 5.69 Å². The Balaban J connectivity index is 2.68. The van der Waals surface area contributed by atoms with E-state index >= 15 is 0 Å². The first-order valence-electron chi connectivity index (χ1n) is 6.06. The normalized spacial score (nSPS) is 10.7. The van der Waals surface area contributed by atoms with Crippen molar-refractivity contribution in [1.82, 2.24) is 4.57 Å². The SMILES string of the molecule is CC(C)c1ccccc1-n1cc(C(=O)O)ccc1=O. The maximum Gasteiger partial charge on any atom is 0.337 e. The fourth-order valence-corrected chi connectivity index (χ4v) is 2.00. The summed E-state index contributed by atoms with van der Waals surface area (Å²) in [7, 11) is 0. The third-order valence-electron chi connectivity index (χ3n) is 2.98. The van der Waals surface area contributed by atoms with Crippen molar-refractivity contribution >= 4 is 5.97 Å². The van der Waals surface area contributed by atoms with Crippen LogP contribution in [0.15, 0.2) is 47.4 Å². The summed E-state index contributed by atoms with van der Waals surface area (Å²) in [4.78, 5) is 22.9. The van der Waals surface area contributed by atoms with E-state index in [1.165, 1.54) is 22.9 Å². The molecule has 2 rings (SSSR count). The van der Waals surface area contributed by atoms with Crippen molar-refractivity contribution in [1.29, 1.82) is 0 Å². The van der Waals surface area contributed by atoms with Crippen LogP contribution in [0, 0.1) is 0 Å². The number of benzene rings is 1. The molecule has 0 aliphatic carbocycles. The fourth-order valence-electron chi connectivity index (χ4n) is 2.00. The van der Waals surface area contributed by atoms with E-state index in [-0.39, 0.29) is 17.0 Å². The summed E-state index contributed by atoms with van der Waals surface area (Å²) < 4.78 is 1.39. The monoisotopic (exact) mass is 257 g/mol. The maximum absolute atomic E-state index is 11.9. The van der Waals surface area contributed by atoms with Crippen LogP contribution in [0.25, 0.3) is 5.69 Å². The van der Waals surface area contributed by atoms with E-state index < -0.39 is 5.97 Å². The molecule has 0 saturated carbocycles. The van der Waals surface area contributed by atoms with Crippen LogP contribution < -0.4 is 5.56 Å². The molecule has 0 aliphatic rings. The van der Waals surface area contributed by atoms with Gasteiger partial charge in [-0.25, -0.2) is 4.79 Å². The van der Waals surface area contributed by atoms with Crippen LogP contribution in [-0.4, -0.2) is 15.6 Å². The Bertz CT molecular complexity index is 671. The van der Waals surface area contributed by atoms with E-state index in [1.807, 2.05) is 38.1 Å². The van der Waals surface area contributed by atoms with Gasteiger partial charge in [-0.15, -0.1) is 0 Å². The number of pyridine rings is 1. The standard InChI is InChI=1S/C15H15NO3/c1-10(2)12-5-3-4-6-13(12)16-9-11(15(18)19)7-8-14(16)17/h3-10H,1-2H3,(H,18,19). The van der Waals surface area contributed by atoms with Crippen molar-refractivity contribution in [2.45, 2.75) is 19.8 Å². The van der Waals surface area contributed by atoms with Gasteiger partial charge in [0, 0.05) is 12.3 Å². The zero-order valence-corrected chi connectivity index (χ0v) is 10.8. The van der Waals surface area contributed by atoms with Crippen molar-refractivity contribution in [2.24, 2.45) is 0 Å². The smallest absolute Gasteiger partial charge is 0.337 e. The molecule has 98 valence electrons. The van der Waals surface area contributed by atoms with Gasteiger partial charge in [-0.05, 0) is 23.6 Å². The van der Waals surface area contributed by atoms with Gasteiger partial charge in [0.2, 0.25) is 0 Å². The number of hydrogen-bond donors (Lipinski definition) is 1. The Hall–Kier alpha value is -2.36. The van der Waals surface area contributed by atoms with Crippen LogP contribution in [0.4, 0.5) is 0 Å². The molecule has 4 nitrogen and oxygen atoms in total. The summed E-state index contributed by atoms with van der Waals surface area (Å²) in [6.07, 6.45) is 1.37. The molecule has 0 aliphatic heterocycles. The van der Waals surface area contributed by atoms with Crippen LogP contribution in [0.3, 0.4) is 0 Å². The highest BCUT2D eigenvalue weighted by atomic mass is 16.4. The number of rotatable bonds is 3. The van der Waals surface area contributed by atoms with E-state index in [1.54, 1.807) is 0 Å². The zero-order valence-electron chi connectivity index (χ0n) is 10.8. The molecule has 1 N–H and O–H groups in total. The second-order valence-corrected chi connectivity index (χ2v) is 4.64. The predicted octanol–water partition coefficient (Wildman–Crippen LogP) is 2.66. The highest BCUT2D eigenvalue weighted by Crippen LogP contribution is 2.21. The number of carboxylic acids is 1. The number of carboxylic acid groups (broad SMARTS) is 1. The molecule has 0 unspecified atom stereocenters. The third-order valence-corrected chi connectivity index (χ3v) is 2.98. The summed E-state index contributed by atoms with van der Waals surface area (Å²) in [5, 5.41) is 9.01. The lowest BCUT2D eigenvalue weighted by Gasteiger charge is -2.14. The number of nitrogens with zero attached hydrogens (tertiary/aromatic N) is 1. The molecule has 2 aromatic rings. The molecule has 1 heterocycles. The second-order valence-electron chi connectivity index (χ2n) is 4.64. The van der Waals surface area contributed by atoms with Gasteiger partial charge in [-0.1, -0.05) is 32.0 Å². The number of aromatic nitrogens is 1. The van der Waals surface area contributed by atoms with E-state index in [0.717, 1.165) is 11.3 Å². The van der Waals surface area contributed by atoms with Gasteiger partial charge in [0.15, 0.2) is 0 Å². The summed E-state index contributed by atoms with van der Waals surface area (Å²) in [5.41, 5.74) is 1.59. The van der Waals surface area contributed by atoms with Crippen LogP contribution in [0.5, 0.6) is 0 Å². The van der Waals surface area contributed by atoms with Gasteiger partial charge in [-0.2, -0.15) is 0 Å². The Labute approximate surface area is 110 Å². The van der Waals surface area contributed by atoms with Gasteiger partial charge >= 0.3 is 5.97 Å². The second kappa shape index (κ2) is 5.10. The van der Waals surface area contributed by atoms with Crippen LogP contribution in [0.2, 0.25) is 0 Å². The minimum Gasteiger partial charge on any atom is -0.478 e. The maximum atomic E-state index is 11.9. The molecule has 0 fully saturated rings. The predicted molar refractivity (Wildman–Crippen MR) is 73.1 cm³/mol. The van der Waals surface area contributed by atoms with E-state index in [0.29, 0.717) is 0 Å². The first-order chi connectivity index (χ1) is 9.00. The van der Waals surface area contributed by atoms with E-state index in [9.17, 15) is 9.59 Å². The summed E-state index contributed by atoms with van der Waals surface area (Å²) in [6, 6.07) is 10.1. The summed E-state index contributed by atoms with van der Waals surface area (Å²) in [6.45, 7) is 4.07. The van der Waals surface area contributed by atoms with Crippen molar-refractivity contribution < 1.29 is 9.90 Å². The van der Waals surface area contributed by atoms with Gasteiger partial charge < -0.3 is 5.11 Å². The number of aromatic carboxylic acids is 1. The average molecular weight is 257 g/mol. The quantitative estimate of drug-likeness (QED) is 0.919. The number of carbonyl (C=O) groups is 1. The summed E-state index contributed by atoms with van der Waals surface area (Å²) in [5.74, 6) is -0.799. The molecular formula is C15H15NO3. The molecule has 0 bridgehead atoms. The lowest BCUT2D eigenvalue weighted by Crippen LogP contribution is -2.19. The van der Waals surface area contributed by atoms with Crippen LogP contribution >= 0.6 is 0 Å². The Morgan fingerprint density at radius 1 is 1.16 bits per heavy atom. The fraction of sp³-hybridized carbons (Fsp3) is 0.200. The molecule has 1 aromatic carbocycles. The lowest BCUT2D eigenvalue weighted by atomic mass is 10.0. The minimum atomic E-state index is -1.05. The Morgan fingerprint density at radius 2 is 1.84 bits per heavy atom. The Morgan fingerprint density at radius 3 is 2.47 bits per heavy atom. The summed E-state index contributed by atoms with van der Waals surface area (Å²) >= 11 is 0. The lowest BCUT2D eigenvalue weighted by molar-refractivity contribution is 0.0696. The zero-order chi connectivity index (χ0) is 14.0. The Kier molecular flexibility index (Phi) is 3.51. The van der Waals surface area contributed by atoms with E-state index in [4.69, 9.17) is 5.11 Å². The third kappa shape index (κ3) is 2.57. The molecular weight excluding hydrogens is 242 g/mol.